The Kier molecular flexibility index (Phi) is 8.62. The van der Waals surface area contributed by atoms with Crippen LogP contribution < -0.4 is 11.5 Å². The molecule has 0 aliphatic heterocycles. The topological polar surface area (TPSA) is 113 Å². The minimum atomic E-state index is -2.46. The first kappa shape index (κ1) is 12.5. The smallest absolute Gasteiger partial charge is 0.274 e. The third kappa shape index (κ3) is 25.0. The summed E-state index contributed by atoms with van der Waals surface area (Å²) in [6, 6.07) is 0. The fourth-order valence-corrected chi connectivity index (χ4v) is 0. The molecule has 7 N–H and O–H groups in total. The van der Waals surface area contributed by atoms with Crippen molar-refractivity contribution >= 4 is 0 Å². The van der Waals surface area contributed by atoms with Crippen molar-refractivity contribution < 1.29 is 15.3 Å². The molecular weight excluding hydrogens is 136 g/mol. The summed E-state index contributed by atoms with van der Waals surface area (Å²) in [4.78, 5) is 0. The van der Waals surface area contributed by atoms with Gasteiger partial charge in [-0.1, -0.05) is 6.92 Å². The molecular formula is C5H16N2O3. The molecule has 0 aromatic rings. The van der Waals surface area contributed by atoms with E-state index in [0.29, 0.717) is 13.1 Å². The molecule has 0 saturated carbocycles. The van der Waals surface area contributed by atoms with E-state index < -0.39 is 5.97 Å². The van der Waals surface area contributed by atoms with Gasteiger partial charge in [0.2, 0.25) is 0 Å². The van der Waals surface area contributed by atoms with Crippen LogP contribution in [0.1, 0.15) is 13.3 Å². The van der Waals surface area contributed by atoms with E-state index >= 15 is 0 Å². The molecule has 0 radical (unpaired) electrons. The van der Waals surface area contributed by atoms with Crippen LogP contribution in [0, 0.1) is 0 Å². The van der Waals surface area contributed by atoms with Crippen LogP contribution in [0.3, 0.4) is 0 Å². The quantitative estimate of drug-likeness (QED) is 0.292. The van der Waals surface area contributed by atoms with Gasteiger partial charge in [-0.15, -0.1) is 0 Å². The highest BCUT2D eigenvalue weighted by Crippen LogP contribution is 1.95. The summed E-state index contributed by atoms with van der Waals surface area (Å²) < 4.78 is 0. The van der Waals surface area contributed by atoms with Gasteiger partial charge in [0.25, 0.3) is 5.97 Å². The Hall–Kier alpha value is -0.200. The highest BCUT2D eigenvalue weighted by molar-refractivity contribution is 4.35. The van der Waals surface area contributed by atoms with Gasteiger partial charge in [-0.05, 0) is 0 Å². The predicted molar refractivity (Wildman–Crippen MR) is 37.8 cm³/mol. The summed E-state index contributed by atoms with van der Waals surface area (Å²) in [5, 5.41) is 23.8. The lowest BCUT2D eigenvalue weighted by Gasteiger charge is -2.08. The first-order valence-corrected chi connectivity index (χ1v) is 3.05. The van der Waals surface area contributed by atoms with Gasteiger partial charge in [-0.2, -0.15) is 0 Å². The van der Waals surface area contributed by atoms with Crippen molar-refractivity contribution in [1.29, 1.82) is 0 Å². The molecule has 0 fully saturated rings. The molecule has 5 nitrogen and oxygen atoms in total. The molecule has 10 heavy (non-hydrogen) atoms. The van der Waals surface area contributed by atoms with E-state index in [0.717, 1.165) is 0 Å². The molecule has 0 rings (SSSR count). The standard InChI is InChI=1S/C3H8O3.C2H8N2/c1-2-3(4,5)6;3-1-2-4/h4-6H,2H2,1H3;1-4H2. The normalized spacial score (nSPS) is 10.2. The molecule has 0 aromatic heterocycles. The maximum Gasteiger partial charge on any atom is 0.274 e. The highest BCUT2D eigenvalue weighted by atomic mass is 16.7. The van der Waals surface area contributed by atoms with Gasteiger partial charge < -0.3 is 26.8 Å². The summed E-state index contributed by atoms with van der Waals surface area (Å²) in [6.07, 6.45) is -0.0625. The number of rotatable bonds is 2. The van der Waals surface area contributed by atoms with E-state index in [-0.39, 0.29) is 6.42 Å². The lowest BCUT2D eigenvalue weighted by atomic mass is 10.4. The fourth-order valence-electron chi connectivity index (χ4n) is 0. The van der Waals surface area contributed by atoms with Crippen LogP contribution in [0.25, 0.3) is 0 Å². The molecule has 0 aromatic carbocycles. The minimum absolute atomic E-state index is 0.0625. The third-order valence-electron chi connectivity index (χ3n) is 0.641. The van der Waals surface area contributed by atoms with Crippen LogP contribution >= 0.6 is 0 Å². The van der Waals surface area contributed by atoms with Crippen LogP contribution in [-0.4, -0.2) is 34.4 Å². The van der Waals surface area contributed by atoms with Crippen LogP contribution in [0.5, 0.6) is 0 Å². The molecule has 0 bridgehead atoms. The number of hydrogen-bond acceptors (Lipinski definition) is 5. The van der Waals surface area contributed by atoms with Crippen molar-refractivity contribution in [3.63, 3.8) is 0 Å². The third-order valence-corrected chi connectivity index (χ3v) is 0.641. The van der Waals surface area contributed by atoms with Gasteiger partial charge in [0.15, 0.2) is 0 Å². The minimum Gasteiger partial charge on any atom is -0.344 e. The molecule has 0 aliphatic carbocycles. The van der Waals surface area contributed by atoms with Crippen molar-refractivity contribution in [2.45, 2.75) is 19.3 Å². The van der Waals surface area contributed by atoms with Crippen LogP contribution in [0.4, 0.5) is 0 Å². The Labute approximate surface area is 60.3 Å². The van der Waals surface area contributed by atoms with Gasteiger partial charge in [0.1, 0.15) is 0 Å². The average Bonchev–Trinajstić information content (AvgIpc) is 1.87. The van der Waals surface area contributed by atoms with Crippen molar-refractivity contribution in [1.82, 2.24) is 0 Å². The molecule has 0 unspecified atom stereocenters. The predicted octanol–water partition coefficient (Wildman–Crippen LogP) is -2.07. The van der Waals surface area contributed by atoms with Gasteiger partial charge in [0, 0.05) is 19.5 Å². The van der Waals surface area contributed by atoms with Crippen molar-refractivity contribution in [2.75, 3.05) is 13.1 Å². The number of nitrogens with two attached hydrogens (primary N) is 2. The number of hydrogen-bond donors (Lipinski definition) is 5. The molecule has 5 heteroatoms. The van der Waals surface area contributed by atoms with E-state index in [2.05, 4.69) is 0 Å². The van der Waals surface area contributed by atoms with Gasteiger partial charge in [-0.3, -0.25) is 0 Å². The summed E-state index contributed by atoms with van der Waals surface area (Å²) in [5.74, 6) is -2.46. The van der Waals surface area contributed by atoms with Crippen LogP contribution in [-0.2, 0) is 0 Å². The van der Waals surface area contributed by atoms with Crippen LogP contribution in [0.2, 0.25) is 0 Å². The van der Waals surface area contributed by atoms with E-state index in [1.54, 1.807) is 0 Å². The Morgan fingerprint density at radius 2 is 1.30 bits per heavy atom. The van der Waals surface area contributed by atoms with Gasteiger partial charge in [-0.25, -0.2) is 0 Å². The zero-order valence-corrected chi connectivity index (χ0v) is 6.12. The van der Waals surface area contributed by atoms with Crippen LogP contribution in [0.15, 0.2) is 0 Å². The molecule has 0 heterocycles. The molecule has 0 aliphatic rings. The monoisotopic (exact) mass is 152 g/mol. The Bertz CT molecular complexity index is 60.4. The van der Waals surface area contributed by atoms with Crippen molar-refractivity contribution in [2.24, 2.45) is 11.5 Å². The Morgan fingerprint density at radius 3 is 1.30 bits per heavy atom. The highest BCUT2D eigenvalue weighted by Gasteiger charge is 2.11. The maximum absolute atomic E-state index is 7.94. The molecule has 64 valence electrons. The summed E-state index contributed by atoms with van der Waals surface area (Å²) >= 11 is 0. The summed E-state index contributed by atoms with van der Waals surface area (Å²) in [6.45, 7) is 2.65. The average molecular weight is 152 g/mol. The van der Waals surface area contributed by atoms with E-state index in [1.807, 2.05) is 0 Å². The maximum atomic E-state index is 7.94. The first-order valence-electron chi connectivity index (χ1n) is 3.05. The molecule has 0 spiro atoms. The van der Waals surface area contributed by atoms with E-state index in [1.165, 1.54) is 6.92 Å². The zero-order valence-electron chi connectivity index (χ0n) is 6.12. The number of aliphatic hydroxyl groups is 3. The van der Waals surface area contributed by atoms with Gasteiger partial charge in [0.05, 0.1) is 0 Å². The Morgan fingerprint density at radius 1 is 1.10 bits per heavy atom. The Balaban J connectivity index is 0. The molecule has 0 amide bonds. The summed E-state index contributed by atoms with van der Waals surface area (Å²) in [7, 11) is 0. The van der Waals surface area contributed by atoms with Crippen molar-refractivity contribution in [3.8, 4) is 0 Å². The molecule has 0 atom stereocenters. The lowest BCUT2D eigenvalue weighted by molar-refractivity contribution is -0.312. The lowest BCUT2D eigenvalue weighted by Crippen LogP contribution is -2.24. The fraction of sp³-hybridized carbons (Fsp3) is 1.00. The second-order valence-electron chi connectivity index (χ2n) is 1.71. The second-order valence-corrected chi connectivity index (χ2v) is 1.71. The largest absolute Gasteiger partial charge is 0.344 e. The van der Waals surface area contributed by atoms with E-state index in [9.17, 15) is 0 Å². The van der Waals surface area contributed by atoms with Crippen molar-refractivity contribution in [3.05, 3.63) is 0 Å². The van der Waals surface area contributed by atoms with Gasteiger partial charge >= 0.3 is 0 Å². The first-order chi connectivity index (χ1) is 4.47. The molecule has 0 saturated heterocycles. The van der Waals surface area contributed by atoms with E-state index in [4.69, 9.17) is 26.8 Å². The second kappa shape index (κ2) is 6.91. The SMILES string of the molecule is CCC(O)(O)O.NCCN. The summed E-state index contributed by atoms with van der Waals surface area (Å²) in [5.41, 5.74) is 9.81. The zero-order chi connectivity index (χ0) is 8.62.